The SMILES string of the molecule is O=c1cc(CSc2cccc(F)c2F)nc2cc(-c3cc(Cl)cc(Cl)c3)[nH]n12.O=c1cc(CSc2cccc(F)c2F)nc2cc(CC3CCCCC3)[nH]n12. The number of nitrogens with zero attached hydrogens (tertiary/aromatic N) is 4. The fraction of sp³-hybridized carbons (Fsp3) is 0.231. The largest absolute Gasteiger partial charge is 0.294 e. The van der Waals surface area contributed by atoms with Crippen LogP contribution in [0.3, 0.4) is 0 Å². The first-order valence-electron chi connectivity index (χ1n) is 17.3. The standard InChI is InChI=1S/C20H21F2N3OS.C19H11Cl2F2N3OS/c21-16-7-4-8-17(20(16)22)27-12-15-11-19(26)25-18(23-15)10-14(24-25)9-13-5-2-1-3-6-13;20-11-4-10(5-12(21)6-11)15-8-17-24-13(7-18(27)26(17)25-15)9-28-16-3-1-2-14(22)19(16)23/h4,7-8,10-11,13,24H,1-3,5-6,9,12H2;1-8,25H,9H2. The molecule has 0 bridgehead atoms. The summed E-state index contributed by atoms with van der Waals surface area (Å²) in [6.07, 6.45) is 7.28. The van der Waals surface area contributed by atoms with E-state index in [-0.39, 0.29) is 26.7 Å². The van der Waals surface area contributed by atoms with Crippen molar-refractivity contribution in [2.75, 3.05) is 0 Å². The van der Waals surface area contributed by atoms with Crippen LogP contribution in [0.1, 0.15) is 49.2 Å². The van der Waals surface area contributed by atoms with Crippen LogP contribution in [0.2, 0.25) is 10.0 Å². The van der Waals surface area contributed by atoms with Crippen LogP contribution in [0.15, 0.2) is 98.2 Å². The number of fused-ring (bicyclic) bond motifs is 2. The van der Waals surface area contributed by atoms with Gasteiger partial charge in [0.15, 0.2) is 34.6 Å². The first-order valence-corrected chi connectivity index (χ1v) is 20.1. The summed E-state index contributed by atoms with van der Waals surface area (Å²) in [5.74, 6) is -2.38. The highest BCUT2D eigenvalue weighted by molar-refractivity contribution is 7.98. The summed E-state index contributed by atoms with van der Waals surface area (Å²) in [5.41, 5.74) is 3.82. The lowest BCUT2D eigenvalue weighted by molar-refractivity contribution is 0.354. The molecule has 1 aliphatic rings. The first kappa shape index (κ1) is 38.8. The van der Waals surface area contributed by atoms with Gasteiger partial charge in [0.25, 0.3) is 11.1 Å². The lowest BCUT2D eigenvalue weighted by atomic mass is 9.86. The van der Waals surface area contributed by atoms with Gasteiger partial charge in [-0.15, -0.1) is 23.5 Å². The highest BCUT2D eigenvalue weighted by Crippen LogP contribution is 2.30. The maximum absolute atomic E-state index is 13.8. The van der Waals surface area contributed by atoms with Crippen molar-refractivity contribution in [2.24, 2.45) is 5.92 Å². The molecule has 2 N–H and O–H groups in total. The summed E-state index contributed by atoms with van der Waals surface area (Å²) in [4.78, 5) is 34.1. The van der Waals surface area contributed by atoms with Gasteiger partial charge in [-0.2, -0.15) is 0 Å². The van der Waals surface area contributed by atoms with Crippen molar-refractivity contribution in [3.8, 4) is 11.3 Å². The van der Waals surface area contributed by atoms with Crippen LogP contribution in [-0.2, 0) is 17.9 Å². The molecule has 0 unspecified atom stereocenters. The average Bonchev–Trinajstić information content (AvgIpc) is 3.78. The van der Waals surface area contributed by atoms with Gasteiger partial charge in [0, 0.05) is 66.9 Å². The molecule has 4 heterocycles. The van der Waals surface area contributed by atoms with Crippen molar-refractivity contribution < 1.29 is 17.6 Å². The molecule has 55 heavy (non-hydrogen) atoms. The van der Waals surface area contributed by atoms with Gasteiger partial charge in [-0.1, -0.05) is 67.4 Å². The van der Waals surface area contributed by atoms with Crippen molar-refractivity contribution in [2.45, 2.75) is 59.8 Å². The molecule has 0 radical (unpaired) electrons. The number of benzene rings is 3. The van der Waals surface area contributed by atoms with Gasteiger partial charge in [-0.05, 0) is 54.8 Å². The molecule has 3 aromatic carbocycles. The third-order valence-electron chi connectivity index (χ3n) is 9.05. The maximum Gasteiger partial charge on any atom is 0.272 e. The van der Waals surface area contributed by atoms with Crippen molar-refractivity contribution in [3.05, 3.63) is 150 Å². The first-order chi connectivity index (χ1) is 26.5. The number of hydrogen-bond acceptors (Lipinski definition) is 6. The van der Waals surface area contributed by atoms with Gasteiger partial charge >= 0.3 is 0 Å². The molecule has 1 fully saturated rings. The molecule has 0 amide bonds. The highest BCUT2D eigenvalue weighted by Gasteiger charge is 2.17. The van der Waals surface area contributed by atoms with E-state index in [1.807, 2.05) is 6.07 Å². The van der Waals surface area contributed by atoms with Crippen molar-refractivity contribution in [3.63, 3.8) is 0 Å². The minimum Gasteiger partial charge on any atom is -0.294 e. The predicted octanol–water partition coefficient (Wildman–Crippen LogP) is 10.3. The van der Waals surface area contributed by atoms with Crippen molar-refractivity contribution in [1.82, 2.24) is 29.2 Å². The van der Waals surface area contributed by atoms with E-state index in [4.69, 9.17) is 23.2 Å². The number of halogens is 6. The number of hydrogen-bond donors (Lipinski definition) is 2. The predicted molar refractivity (Wildman–Crippen MR) is 209 cm³/mol. The van der Waals surface area contributed by atoms with Gasteiger partial charge in [-0.25, -0.2) is 36.6 Å². The summed E-state index contributed by atoms with van der Waals surface area (Å²) >= 11 is 14.3. The van der Waals surface area contributed by atoms with Gasteiger partial charge in [0.2, 0.25) is 0 Å². The van der Waals surface area contributed by atoms with Crippen LogP contribution in [0.5, 0.6) is 0 Å². The smallest absolute Gasteiger partial charge is 0.272 e. The molecule has 8 nitrogen and oxygen atoms in total. The van der Waals surface area contributed by atoms with E-state index in [0.29, 0.717) is 55.7 Å². The van der Waals surface area contributed by atoms with Crippen LogP contribution in [0.4, 0.5) is 17.6 Å². The normalized spacial score (nSPS) is 13.3. The second-order valence-corrected chi connectivity index (χ2v) is 16.0. The van der Waals surface area contributed by atoms with Gasteiger partial charge in [0.05, 0.1) is 17.1 Å². The lowest BCUT2D eigenvalue weighted by Crippen LogP contribution is -2.16. The van der Waals surface area contributed by atoms with Crippen LogP contribution in [-0.4, -0.2) is 29.2 Å². The molecule has 1 saturated carbocycles. The van der Waals surface area contributed by atoms with Gasteiger partial charge in [-0.3, -0.25) is 19.8 Å². The quantitative estimate of drug-likeness (QED) is 0.111. The molecule has 7 aromatic rings. The number of H-pyrrole nitrogens is 2. The van der Waals surface area contributed by atoms with Crippen molar-refractivity contribution >= 4 is 58.0 Å². The minimum atomic E-state index is -0.913. The summed E-state index contributed by atoms with van der Waals surface area (Å²) in [6, 6.07) is 19.5. The Bertz CT molecular complexity index is 2600. The number of aromatic amines is 2. The Labute approximate surface area is 330 Å². The number of aromatic nitrogens is 6. The molecular formula is C39H32Cl2F4N6O2S2. The van der Waals surface area contributed by atoms with Crippen LogP contribution >= 0.6 is 46.7 Å². The van der Waals surface area contributed by atoms with E-state index in [9.17, 15) is 27.2 Å². The Morgan fingerprint density at radius 1 is 0.673 bits per heavy atom. The molecule has 8 rings (SSSR count). The monoisotopic (exact) mass is 826 g/mol. The molecule has 1 aliphatic carbocycles. The van der Waals surface area contributed by atoms with E-state index in [2.05, 4.69) is 20.2 Å². The van der Waals surface area contributed by atoms with E-state index in [1.54, 1.807) is 24.3 Å². The highest BCUT2D eigenvalue weighted by atomic mass is 35.5. The Balaban J connectivity index is 0.000000169. The van der Waals surface area contributed by atoms with E-state index in [1.165, 1.54) is 77.5 Å². The molecule has 0 atom stereocenters. The zero-order valence-corrected chi connectivity index (χ0v) is 32.1. The van der Waals surface area contributed by atoms with Crippen LogP contribution in [0, 0.1) is 29.2 Å². The lowest BCUT2D eigenvalue weighted by Gasteiger charge is -2.20. The summed E-state index contributed by atoms with van der Waals surface area (Å²) in [5, 5.41) is 7.05. The second kappa shape index (κ2) is 17.1. The van der Waals surface area contributed by atoms with Crippen LogP contribution in [0.25, 0.3) is 22.6 Å². The Hall–Kier alpha value is -4.50. The average molecular weight is 828 g/mol. The Morgan fingerprint density at radius 2 is 1.20 bits per heavy atom. The van der Waals surface area contributed by atoms with Gasteiger partial charge in [0.1, 0.15) is 0 Å². The van der Waals surface area contributed by atoms with Gasteiger partial charge < -0.3 is 0 Å². The third kappa shape index (κ3) is 9.31. The summed E-state index contributed by atoms with van der Waals surface area (Å²) in [6.45, 7) is 0. The number of nitrogens with one attached hydrogen (secondary N) is 2. The minimum absolute atomic E-state index is 0.158. The molecular weight excluding hydrogens is 796 g/mol. The van der Waals surface area contributed by atoms with Crippen LogP contribution < -0.4 is 11.1 Å². The van der Waals surface area contributed by atoms with E-state index >= 15 is 0 Å². The number of rotatable bonds is 9. The molecule has 284 valence electrons. The summed E-state index contributed by atoms with van der Waals surface area (Å²) < 4.78 is 56.9. The van der Waals surface area contributed by atoms with E-state index in [0.717, 1.165) is 47.8 Å². The Morgan fingerprint density at radius 3 is 1.76 bits per heavy atom. The third-order valence-corrected chi connectivity index (χ3v) is 11.6. The second-order valence-electron chi connectivity index (χ2n) is 13.1. The zero-order valence-electron chi connectivity index (χ0n) is 28.9. The zero-order chi connectivity index (χ0) is 38.6. The van der Waals surface area contributed by atoms with E-state index < -0.39 is 23.3 Å². The molecule has 0 spiro atoms. The summed E-state index contributed by atoms with van der Waals surface area (Å²) in [7, 11) is 0. The maximum atomic E-state index is 13.8. The topological polar surface area (TPSA) is 100 Å². The Kier molecular flexibility index (Phi) is 12.1. The molecule has 4 aromatic heterocycles. The fourth-order valence-electron chi connectivity index (χ4n) is 6.44. The molecule has 0 saturated heterocycles. The fourth-order valence-corrected chi connectivity index (χ4v) is 8.66. The number of thioether (sulfide) groups is 2. The van der Waals surface area contributed by atoms with Crippen molar-refractivity contribution in [1.29, 1.82) is 0 Å². The molecule has 0 aliphatic heterocycles. The molecule has 16 heteroatoms.